The lowest BCUT2D eigenvalue weighted by Crippen LogP contribution is -2.36. The van der Waals surface area contributed by atoms with Crippen LogP contribution in [0.1, 0.15) is 27.7 Å². The van der Waals surface area contributed by atoms with Gasteiger partial charge in [-0.15, -0.1) is 0 Å². The van der Waals surface area contributed by atoms with E-state index in [4.69, 9.17) is 4.43 Å². The van der Waals surface area contributed by atoms with Gasteiger partial charge in [0, 0.05) is 7.11 Å². The molecule has 0 atom stereocenters. The topological polar surface area (TPSA) is 9.23 Å². The van der Waals surface area contributed by atoms with E-state index in [0.717, 1.165) is 0 Å². The molecule has 0 amide bonds. The Bertz CT molecular complexity index is 95.8. The highest BCUT2D eigenvalue weighted by Gasteiger charge is 2.38. The van der Waals surface area contributed by atoms with E-state index >= 15 is 0 Å². The molecule has 0 saturated carbocycles. The van der Waals surface area contributed by atoms with Crippen molar-refractivity contribution in [1.82, 2.24) is 0 Å². The van der Waals surface area contributed by atoms with E-state index in [2.05, 4.69) is 43.0 Å². The second-order valence-corrected chi connectivity index (χ2v) is 11.0. The zero-order valence-corrected chi connectivity index (χ0v) is 10.0. The van der Waals surface area contributed by atoms with Crippen LogP contribution in [0.3, 0.4) is 0 Å². The highest BCUT2D eigenvalue weighted by atomic mass is 79.9. The van der Waals surface area contributed by atoms with Crippen LogP contribution in [0.25, 0.3) is 0 Å². The van der Waals surface area contributed by atoms with Crippen molar-refractivity contribution in [3.8, 4) is 0 Å². The third kappa shape index (κ3) is 2.07. The van der Waals surface area contributed by atoms with Crippen LogP contribution in [-0.4, -0.2) is 14.0 Å². The van der Waals surface area contributed by atoms with Crippen molar-refractivity contribution in [2.75, 3.05) is 7.11 Å². The molecule has 0 bridgehead atoms. The van der Waals surface area contributed by atoms with Gasteiger partial charge in [0.2, 0.25) is 0 Å². The molecule has 0 unspecified atom stereocenters. The summed E-state index contributed by atoms with van der Waals surface area (Å²) in [6.45, 7) is 7.29. The fourth-order valence-corrected chi connectivity index (χ4v) is 3.41. The molecule has 3 heteroatoms. The van der Waals surface area contributed by atoms with Crippen molar-refractivity contribution in [3.05, 3.63) is 0 Å². The van der Waals surface area contributed by atoms with E-state index < -0.39 is 6.94 Å². The molecule has 0 aliphatic rings. The Morgan fingerprint density at radius 1 is 1.10 bits per heavy atom. The lowest BCUT2D eigenvalue weighted by Gasteiger charge is -2.30. The van der Waals surface area contributed by atoms with Crippen molar-refractivity contribution >= 4 is 22.2 Å². The molecule has 1 nitrogen and oxygen atoms in total. The molecule has 0 saturated heterocycles. The maximum Gasteiger partial charge on any atom is 0.268 e. The Labute approximate surface area is 72.9 Å². The Kier molecular flexibility index (Phi) is 4.14. The Balaban J connectivity index is 4.23. The van der Waals surface area contributed by atoms with Gasteiger partial charge in [-0.1, -0.05) is 43.0 Å². The normalized spacial score (nSPS) is 13.2. The van der Waals surface area contributed by atoms with Crippen LogP contribution < -0.4 is 0 Å². The molecule has 0 aliphatic heterocycles. The summed E-state index contributed by atoms with van der Waals surface area (Å²) in [4.78, 5) is 0. The molecule has 0 aromatic rings. The lowest BCUT2D eigenvalue weighted by atomic mass is 10.5. The van der Waals surface area contributed by atoms with Crippen LogP contribution in [0.5, 0.6) is 0 Å². The summed E-state index contributed by atoms with van der Waals surface area (Å²) in [6, 6.07) is 0. The molecule has 10 heavy (non-hydrogen) atoms. The Hall–Kier alpha value is 0.657. The third-order valence-corrected chi connectivity index (χ3v) is 12.1. The van der Waals surface area contributed by atoms with Gasteiger partial charge in [-0.25, -0.2) is 0 Å². The van der Waals surface area contributed by atoms with Crippen LogP contribution in [0.4, 0.5) is 0 Å². The Morgan fingerprint density at radius 2 is 1.40 bits per heavy atom. The van der Waals surface area contributed by atoms with E-state index in [1.807, 2.05) is 0 Å². The fourth-order valence-electron chi connectivity index (χ4n) is 1.14. The number of hydrogen-bond donors (Lipinski definition) is 0. The molecule has 0 aliphatic carbocycles. The predicted molar refractivity (Wildman–Crippen MR) is 51.9 cm³/mol. The van der Waals surface area contributed by atoms with Gasteiger partial charge in [0.15, 0.2) is 0 Å². The van der Waals surface area contributed by atoms with E-state index in [0.29, 0.717) is 11.1 Å². The van der Waals surface area contributed by atoms with Gasteiger partial charge in [-0.05, 0) is 11.1 Å². The number of halogens is 1. The van der Waals surface area contributed by atoms with Gasteiger partial charge in [0.1, 0.15) is 0 Å². The minimum atomic E-state index is -1.57. The first-order valence-electron chi connectivity index (χ1n) is 3.69. The minimum absolute atomic E-state index is 0.637. The van der Waals surface area contributed by atoms with Crippen molar-refractivity contribution in [1.29, 1.82) is 0 Å². The maximum absolute atomic E-state index is 5.52. The monoisotopic (exact) mass is 224 g/mol. The summed E-state index contributed by atoms with van der Waals surface area (Å²) in [5.74, 6) is 0. The fraction of sp³-hybridized carbons (Fsp3) is 1.00. The van der Waals surface area contributed by atoms with Crippen LogP contribution in [0.15, 0.2) is 0 Å². The Morgan fingerprint density at radius 3 is 1.40 bits per heavy atom. The largest absolute Gasteiger partial charge is 0.409 e. The molecule has 0 heterocycles. The average Bonchev–Trinajstić information content (AvgIpc) is 1.85. The molecule has 0 fully saturated rings. The van der Waals surface area contributed by atoms with Crippen molar-refractivity contribution < 1.29 is 4.43 Å². The lowest BCUT2D eigenvalue weighted by molar-refractivity contribution is 0.395. The molecule has 0 aromatic carbocycles. The summed E-state index contributed by atoms with van der Waals surface area (Å²) in [7, 11) is 1.81. The smallest absolute Gasteiger partial charge is 0.268 e. The molecular formula is C7H17BrOSi. The quantitative estimate of drug-likeness (QED) is 0.529. The molecular weight excluding hydrogens is 208 g/mol. The second-order valence-electron chi connectivity index (χ2n) is 3.21. The first-order valence-corrected chi connectivity index (χ1v) is 8.01. The van der Waals surface area contributed by atoms with Gasteiger partial charge >= 0.3 is 0 Å². The van der Waals surface area contributed by atoms with Crippen molar-refractivity contribution in [2.45, 2.75) is 38.8 Å². The predicted octanol–water partition coefficient (Wildman–Crippen LogP) is 3.29. The van der Waals surface area contributed by atoms with E-state index in [1.54, 1.807) is 7.11 Å². The first-order chi connectivity index (χ1) is 4.45. The molecule has 0 rings (SSSR count). The van der Waals surface area contributed by atoms with E-state index in [9.17, 15) is 0 Å². The SMILES string of the molecule is CO[Si](Br)(C(C)C)C(C)C. The molecule has 62 valence electrons. The van der Waals surface area contributed by atoms with E-state index in [1.165, 1.54) is 0 Å². The van der Waals surface area contributed by atoms with Crippen LogP contribution in [0, 0.1) is 0 Å². The first kappa shape index (κ1) is 10.7. The molecule has 0 aromatic heterocycles. The zero-order valence-electron chi connectivity index (χ0n) is 7.44. The van der Waals surface area contributed by atoms with Gasteiger partial charge in [0.05, 0.1) is 0 Å². The standard InChI is InChI=1S/C7H17BrOSi/c1-6(2)10(8,9-5)7(3)4/h6-7H,1-5H3. The van der Waals surface area contributed by atoms with Crippen molar-refractivity contribution in [2.24, 2.45) is 0 Å². The van der Waals surface area contributed by atoms with Crippen LogP contribution in [-0.2, 0) is 4.43 Å². The third-order valence-electron chi connectivity index (χ3n) is 1.89. The summed E-state index contributed by atoms with van der Waals surface area (Å²) in [5.41, 5.74) is 1.27. The van der Waals surface area contributed by atoms with E-state index in [-0.39, 0.29) is 0 Å². The van der Waals surface area contributed by atoms with Gasteiger partial charge in [-0.3, -0.25) is 0 Å². The summed E-state index contributed by atoms with van der Waals surface area (Å²) < 4.78 is 5.52. The highest BCUT2D eigenvalue weighted by Crippen LogP contribution is 2.37. The molecule has 0 radical (unpaired) electrons. The minimum Gasteiger partial charge on any atom is -0.409 e. The number of rotatable bonds is 3. The van der Waals surface area contributed by atoms with Crippen LogP contribution in [0.2, 0.25) is 11.1 Å². The summed E-state index contributed by atoms with van der Waals surface area (Å²) in [5, 5.41) is 0. The van der Waals surface area contributed by atoms with Gasteiger partial charge in [0.25, 0.3) is 6.94 Å². The number of hydrogen-bond acceptors (Lipinski definition) is 1. The highest BCUT2D eigenvalue weighted by molar-refractivity contribution is 9.25. The summed E-state index contributed by atoms with van der Waals surface area (Å²) >= 11 is 3.73. The second kappa shape index (κ2) is 3.88. The van der Waals surface area contributed by atoms with Crippen molar-refractivity contribution in [3.63, 3.8) is 0 Å². The molecule has 0 spiro atoms. The van der Waals surface area contributed by atoms with Gasteiger partial charge < -0.3 is 4.43 Å². The summed E-state index contributed by atoms with van der Waals surface area (Å²) in [6.07, 6.45) is 0. The average molecular weight is 225 g/mol. The van der Waals surface area contributed by atoms with Gasteiger partial charge in [-0.2, -0.15) is 0 Å². The zero-order chi connectivity index (χ0) is 8.36. The maximum atomic E-state index is 5.52. The molecule has 0 N–H and O–H groups in total. The van der Waals surface area contributed by atoms with Crippen LogP contribution >= 0.6 is 15.3 Å².